The molecule has 0 heterocycles. The lowest BCUT2D eigenvalue weighted by Gasteiger charge is -2.17. The number of nitrogens with one attached hydrogen (secondary N) is 1. The van der Waals surface area contributed by atoms with Crippen LogP contribution in [0.3, 0.4) is 0 Å². The van der Waals surface area contributed by atoms with Crippen molar-refractivity contribution in [3.63, 3.8) is 0 Å². The quantitative estimate of drug-likeness (QED) is 0.879. The van der Waals surface area contributed by atoms with E-state index in [9.17, 15) is 9.18 Å². The van der Waals surface area contributed by atoms with Crippen LogP contribution < -0.4 is 5.32 Å². The molecular formula is C12H15BrFNO2. The van der Waals surface area contributed by atoms with Crippen LogP contribution in [0.5, 0.6) is 0 Å². The first kappa shape index (κ1) is 14.1. The van der Waals surface area contributed by atoms with E-state index in [0.29, 0.717) is 10.9 Å². The van der Waals surface area contributed by atoms with Gasteiger partial charge in [0.1, 0.15) is 11.9 Å². The normalized spacial score (nSPS) is 14.4. The Morgan fingerprint density at radius 3 is 2.71 bits per heavy atom. The first-order chi connectivity index (χ1) is 7.90. The molecule has 1 aromatic rings. The van der Waals surface area contributed by atoms with Crippen LogP contribution in [-0.2, 0) is 11.2 Å². The molecule has 1 unspecified atom stereocenters. The third-order valence-electron chi connectivity index (χ3n) is 2.45. The van der Waals surface area contributed by atoms with E-state index >= 15 is 0 Å². The Morgan fingerprint density at radius 1 is 1.53 bits per heavy atom. The molecule has 0 saturated heterocycles. The van der Waals surface area contributed by atoms with Crippen molar-refractivity contribution < 1.29 is 14.3 Å². The molecule has 94 valence electrons. The van der Waals surface area contributed by atoms with Gasteiger partial charge in [0.25, 0.3) is 0 Å². The van der Waals surface area contributed by atoms with Gasteiger partial charge in [0.05, 0.1) is 0 Å². The predicted molar refractivity (Wildman–Crippen MR) is 67.5 cm³/mol. The Bertz CT molecular complexity index is 411. The summed E-state index contributed by atoms with van der Waals surface area (Å²) in [6.45, 7) is 3.49. The summed E-state index contributed by atoms with van der Waals surface area (Å²) < 4.78 is 13.6. The number of benzene rings is 1. The minimum atomic E-state index is -0.880. The third-order valence-corrected chi connectivity index (χ3v) is 3.18. The molecule has 0 fully saturated rings. The van der Waals surface area contributed by atoms with E-state index in [1.807, 2.05) is 6.92 Å². The number of hydrogen-bond donors (Lipinski definition) is 2. The van der Waals surface area contributed by atoms with Gasteiger partial charge in [-0.05, 0) is 38.0 Å². The van der Waals surface area contributed by atoms with Crippen LogP contribution >= 0.6 is 15.9 Å². The van der Waals surface area contributed by atoms with E-state index in [-0.39, 0.29) is 11.9 Å². The Kier molecular flexibility index (Phi) is 5.08. The van der Waals surface area contributed by atoms with Crippen LogP contribution in [0.1, 0.15) is 19.4 Å². The Morgan fingerprint density at radius 2 is 2.18 bits per heavy atom. The molecule has 0 aromatic heterocycles. The minimum absolute atomic E-state index is 0.00265. The van der Waals surface area contributed by atoms with Crippen molar-refractivity contribution in [3.05, 3.63) is 34.1 Å². The molecule has 0 spiro atoms. The summed E-state index contributed by atoms with van der Waals surface area (Å²) in [5, 5.41) is 11.7. The van der Waals surface area contributed by atoms with Crippen molar-refractivity contribution in [2.24, 2.45) is 0 Å². The summed E-state index contributed by atoms with van der Waals surface area (Å²) in [6, 6.07) is 3.91. The van der Waals surface area contributed by atoms with Gasteiger partial charge in [0, 0.05) is 10.5 Å². The lowest BCUT2D eigenvalue weighted by Crippen LogP contribution is -2.40. The summed E-state index contributed by atoms with van der Waals surface area (Å²) in [4.78, 5) is 10.7. The highest BCUT2D eigenvalue weighted by molar-refractivity contribution is 9.10. The topological polar surface area (TPSA) is 49.3 Å². The predicted octanol–water partition coefficient (Wildman–Crippen LogP) is 2.58. The molecule has 17 heavy (non-hydrogen) atoms. The maximum absolute atomic E-state index is 12.9. The number of carboxylic acid groups (broad SMARTS) is 1. The number of rotatable bonds is 5. The van der Waals surface area contributed by atoms with Gasteiger partial charge >= 0.3 is 5.97 Å². The van der Waals surface area contributed by atoms with E-state index in [1.54, 1.807) is 13.0 Å². The van der Waals surface area contributed by atoms with Crippen LogP contribution in [-0.4, -0.2) is 23.2 Å². The molecule has 1 rings (SSSR count). The number of hydrogen-bond acceptors (Lipinski definition) is 2. The van der Waals surface area contributed by atoms with Crippen LogP contribution in [0.4, 0.5) is 4.39 Å². The van der Waals surface area contributed by atoms with Gasteiger partial charge in [-0.15, -0.1) is 0 Å². The maximum atomic E-state index is 12.9. The van der Waals surface area contributed by atoms with E-state index in [2.05, 4.69) is 21.2 Å². The van der Waals surface area contributed by atoms with Gasteiger partial charge < -0.3 is 10.4 Å². The zero-order valence-electron chi connectivity index (χ0n) is 9.71. The van der Waals surface area contributed by atoms with Gasteiger partial charge in [0.2, 0.25) is 0 Å². The fraction of sp³-hybridized carbons (Fsp3) is 0.417. The SMILES string of the molecule is CC(Cc1ccc(F)cc1Br)N[C@@H](C)C(=O)O. The molecule has 2 N–H and O–H groups in total. The number of carboxylic acids is 1. The van der Waals surface area contributed by atoms with E-state index in [4.69, 9.17) is 5.11 Å². The van der Waals surface area contributed by atoms with Gasteiger partial charge in [-0.3, -0.25) is 4.79 Å². The molecule has 0 amide bonds. The highest BCUT2D eigenvalue weighted by atomic mass is 79.9. The molecule has 0 aliphatic heterocycles. The fourth-order valence-electron chi connectivity index (χ4n) is 1.57. The number of halogens is 2. The largest absolute Gasteiger partial charge is 0.480 e. The highest BCUT2D eigenvalue weighted by Crippen LogP contribution is 2.19. The van der Waals surface area contributed by atoms with Crippen molar-refractivity contribution in [3.8, 4) is 0 Å². The van der Waals surface area contributed by atoms with Gasteiger partial charge in [-0.25, -0.2) is 4.39 Å². The van der Waals surface area contributed by atoms with Crippen molar-refractivity contribution in [2.75, 3.05) is 0 Å². The first-order valence-electron chi connectivity index (χ1n) is 5.33. The molecule has 2 atom stereocenters. The van der Waals surface area contributed by atoms with Crippen molar-refractivity contribution >= 4 is 21.9 Å². The van der Waals surface area contributed by atoms with E-state index < -0.39 is 12.0 Å². The van der Waals surface area contributed by atoms with Crippen LogP contribution in [0, 0.1) is 5.82 Å². The van der Waals surface area contributed by atoms with Crippen LogP contribution in [0.2, 0.25) is 0 Å². The lowest BCUT2D eigenvalue weighted by atomic mass is 10.1. The average molecular weight is 304 g/mol. The zero-order valence-corrected chi connectivity index (χ0v) is 11.3. The Labute approximate surface area is 108 Å². The summed E-state index contributed by atoms with van der Waals surface area (Å²) in [6.07, 6.45) is 0.637. The van der Waals surface area contributed by atoms with Crippen LogP contribution in [0.15, 0.2) is 22.7 Å². The zero-order chi connectivity index (χ0) is 13.0. The minimum Gasteiger partial charge on any atom is -0.480 e. The van der Waals surface area contributed by atoms with Gasteiger partial charge in [-0.2, -0.15) is 0 Å². The molecular weight excluding hydrogens is 289 g/mol. The molecule has 5 heteroatoms. The van der Waals surface area contributed by atoms with E-state index in [1.165, 1.54) is 12.1 Å². The third kappa shape index (κ3) is 4.44. The fourth-order valence-corrected chi connectivity index (χ4v) is 2.09. The second kappa shape index (κ2) is 6.12. The first-order valence-corrected chi connectivity index (χ1v) is 6.12. The summed E-state index contributed by atoms with van der Waals surface area (Å²) in [5.41, 5.74) is 0.948. The summed E-state index contributed by atoms with van der Waals surface area (Å²) in [5.74, 6) is -1.17. The Hall–Kier alpha value is -0.940. The maximum Gasteiger partial charge on any atom is 0.320 e. The molecule has 0 aliphatic carbocycles. The molecule has 0 aliphatic rings. The smallest absolute Gasteiger partial charge is 0.320 e. The van der Waals surface area contributed by atoms with Crippen molar-refractivity contribution in [2.45, 2.75) is 32.4 Å². The molecule has 0 saturated carbocycles. The lowest BCUT2D eigenvalue weighted by molar-refractivity contribution is -0.139. The van der Waals surface area contributed by atoms with Crippen molar-refractivity contribution in [1.82, 2.24) is 5.32 Å². The summed E-state index contributed by atoms with van der Waals surface area (Å²) >= 11 is 3.29. The van der Waals surface area contributed by atoms with Crippen molar-refractivity contribution in [1.29, 1.82) is 0 Å². The summed E-state index contributed by atoms with van der Waals surface area (Å²) in [7, 11) is 0. The monoisotopic (exact) mass is 303 g/mol. The number of aliphatic carboxylic acids is 1. The molecule has 0 radical (unpaired) electrons. The highest BCUT2D eigenvalue weighted by Gasteiger charge is 2.14. The second-order valence-electron chi connectivity index (χ2n) is 4.07. The standard InChI is InChI=1S/C12H15BrFNO2/c1-7(15-8(2)12(16)17)5-9-3-4-10(14)6-11(9)13/h3-4,6-8,15H,5H2,1-2H3,(H,16,17)/t7?,8-/m0/s1. The molecule has 3 nitrogen and oxygen atoms in total. The van der Waals surface area contributed by atoms with Gasteiger partial charge in [0.15, 0.2) is 0 Å². The van der Waals surface area contributed by atoms with Crippen LogP contribution in [0.25, 0.3) is 0 Å². The Balaban J connectivity index is 2.62. The molecule has 0 bridgehead atoms. The number of carbonyl (C=O) groups is 1. The van der Waals surface area contributed by atoms with E-state index in [0.717, 1.165) is 5.56 Å². The molecule has 1 aromatic carbocycles. The average Bonchev–Trinajstić information content (AvgIpc) is 2.22. The second-order valence-corrected chi connectivity index (χ2v) is 4.92. The van der Waals surface area contributed by atoms with Gasteiger partial charge in [-0.1, -0.05) is 22.0 Å².